The minimum atomic E-state index is -0.529. The minimum Gasteiger partial charge on any atom is -0.369 e. The molecule has 0 aliphatic heterocycles. The molecule has 32 heavy (non-hydrogen) atoms. The van der Waals surface area contributed by atoms with Crippen LogP contribution in [0.4, 0.5) is 11.6 Å². The second-order valence-corrected chi connectivity index (χ2v) is 7.65. The van der Waals surface area contributed by atoms with Gasteiger partial charge in [-0.25, -0.2) is 10.4 Å². The number of hydrogen-bond donors (Lipinski definition) is 2. The van der Waals surface area contributed by atoms with Gasteiger partial charge in [-0.1, -0.05) is 36.4 Å². The Bertz CT molecular complexity index is 1180. The highest BCUT2D eigenvalue weighted by Gasteiger charge is 2.13. The fraction of sp³-hybridized carbons (Fsp3) is 0.217. The second kappa shape index (κ2) is 11.3. The van der Waals surface area contributed by atoms with Crippen LogP contribution in [0, 0.1) is 18.3 Å². The van der Waals surface area contributed by atoms with E-state index in [0.717, 1.165) is 16.8 Å². The van der Waals surface area contributed by atoms with Crippen LogP contribution in [0.25, 0.3) is 11.3 Å². The molecule has 0 radical (unpaired) electrons. The standard InChI is InChI=1S/C23H22Cl2N6O/c1-16-13-19(31(11-9-24)12-10-25)8-7-18(16)15-27-30-23-28-21(17-5-3-2-4-6-17)20(14-26)22(32)29-23/h2-8,13,15H,9-12H2,1H3,(H2,28,29,30,32). The van der Waals surface area contributed by atoms with E-state index in [2.05, 4.69) is 31.5 Å². The molecular weight excluding hydrogens is 447 g/mol. The highest BCUT2D eigenvalue weighted by molar-refractivity contribution is 6.18. The van der Waals surface area contributed by atoms with Crippen LogP contribution in [0.5, 0.6) is 0 Å². The van der Waals surface area contributed by atoms with Crippen molar-refractivity contribution in [3.63, 3.8) is 0 Å². The SMILES string of the molecule is Cc1cc(N(CCCl)CCCl)ccc1C=NNc1nc(-c2ccccc2)c(C#N)c(=O)[nH]1. The van der Waals surface area contributed by atoms with Gasteiger partial charge < -0.3 is 4.90 Å². The number of alkyl halides is 2. The molecule has 7 nitrogen and oxygen atoms in total. The number of hydrogen-bond acceptors (Lipinski definition) is 6. The fourth-order valence-corrected chi connectivity index (χ4v) is 3.58. The number of H-pyrrole nitrogens is 1. The zero-order valence-corrected chi connectivity index (χ0v) is 19.0. The molecule has 3 aromatic rings. The van der Waals surface area contributed by atoms with Gasteiger partial charge in [0, 0.05) is 36.1 Å². The summed E-state index contributed by atoms with van der Waals surface area (Å²) in [6.45, 7) is 3.41. The van der Waals surface area contributed by atoms with E-state index in [-0.39, 0.29) is 11.5 Å². The Balaban J connectivity index is 1.81. The van der Waals surface area contributed by atoms with Gasteiger partial charge in [-0.15, -0.1) is 23.2 Å². The quantitative estimate of drug-likeness (QED) is 0.276. The summed E-state index contributed by atoms with van der Waals surface area (Å²) in [4.78, 5) is 21.4. The third kappa shape index (κ3) is 5.67. The second-order valence-electron chi connectivity index (χ2n) is 6.89. The summed E-state index contributed by atoms with van der Waals surface area (Å²) < 4.78 is 0. The predicted octanol–water partition coefficient (Wildman–Crippen LogP) is 4.35. The van der Waals surface area contributed by atoms with Crippen molar-refractivity contribution in [3.05, 3.63) is 75.6 Å². The minimum absolute atomic E-state index is 0.0457. The average molecular weight is 469 g/mol. The lowest BCUT2D eigenvalue weighted by Gasteiger charge is -2.23. The summed E-state index contributed by atoms with van der Waals surface area (Å²) in [5.41, 5.74) is 6.11. The zero-order chi connectivity index (χ0) is 22.9. The lowest BCUT2D eigenvalue weighted by atomic mass is 10.1. The Kier molecular flexibility index (Phi) is 8.26. The van der Waals surface area contributed by atoms with E-state index < -0.39 is 5.56 Å². The van der Waals surface area contributed by atoms with Crippen molar-refractivity contribution >= 4 is 41.1 Å². The van der Waals surface area contributed by atoms with Crippen LogP contribution in [0.1, 0.15) is 16.7 Å². The Morgan fingerprint density at radius 2 is 1.91 bits per heavy atom. The molecule has 0 saturated heterocycles. The van der Waals surface area contributed by atoms with Gasteiger partial charge in [0.25, 0.3) is 5.56 Å². The highest BCUT2D eigenvalue weighted by Crippen LogP contribution is 2.20. The summed E-state index contributed by atoms with van der Waals surface area (Å²) in [5, 5.41) is 13.6. The van der Waals surface area contributed by atoms with Crippen molar-refractivity contribution in [2.75, 3.05) is 35.2 Å². The molecule has 3 rings (SSSR count). The summed E-state index contributed by atoms with van der Waals surface area (Å²) >= 11 is 11.8. The van der Waals surface area contributed by atoms with E-state index in [4.69, 9.17) is 23.2 Å². The van der Waals surface area contributed by atoms with Crippen molar-refractivity contribution < 1.29 is 0 Å². The van der Waals surface area contributed by atoms with E-state index >= 15 is 0 Å². The first kappa shape index (κ1) is 23.3. The number of halogens is 2. The van der Waals surface area contributed by atoms with Gasteiger partial charge in [-0.2, -0.15) is 10.4 Å². The van der Waals surface area contributed by atoms with Gasteiger partial charge in [-0.05, 0) is 30.2 Å². The molecule has 1 aromatic heterocycles. The average Bonchev–Trinajstić information content (AvgIpc) is 2.80. The zero-order valence-electron chi connectivity index (χ0n) is 17.5. The van der Waals surface area contributed by atoms with Gasteiger partial charge in [0.2, 0.25) is 5.95 Å². The smallest absolute Gasteiger partial charge is 0.270 e. The van der Waals surface area contributed by atoms with E-state index in [0.29, 0.717) is 36.1 Å². The maximum absolute atomic E-state index is 12.3. The molecule has 0 aliphatic rings. The summed E-state index contributed by atoms with van der Waals surface area (Å²) in [6.07, 6.45) is 1.65. The van der Waals surface area contributed by atoms with Crippen LogP contribution < -0.4 is 15.9 Å². The van der Waals surface area contributed by atoms with Crippen molar-refractivity contribution in [2.45, 2.75) is 6.92 Å². The number of nitrogens with zero attached hydrogens (tertiary/aromatic N) is 4. The van der Waals surface area contributed by atoms with E-state index in [1.54, 1.807) is 18.3 Å². The van der Waals surface area contributed by atoms with Crippen molar-refractivity contribution in [1.82, 2.24) is 9.97 Å². The van der Waals surface area contributed by atoms with Crippen molar-refractivity contribution in [3.8, 4) is 17.3 Å². The number of hydrazone groups is 1. The number of nitriles is 1. The molecular formula is C23H22Cl2N6O. The molecule has 164 valence electrons. The fourth-order valence-electron chi connectivity index (χ4n) is 3.17. The number of nitrogens with one attached hydrogen (secondary N) is 2. The Labute approximate surface area is 196 Å². The molecule has 9 heteroatoms. The van der Waals surface area contributed by atoms with Crippen LogP contribution in [-0.4, -0.2) is 41.0 Å². The van der Waals surface area contributed by atoms with Gasteiger partial charge >= 0.3 is 0 Å². The molecule has 0 unspecified atom stereocenters. The molecule has 0 fully saturated rings. The molecule has 0 amide bonds. The summed E-state index contributed by atoms with van der Waals surface area (Å²) in [6, 6.07) is 17.0. The van der Waals surface area contributed by atoms with Gasteiger partial charge in [0.05, 0.1) is 11.9 Å². The maximum Gasteiger partial charge on any atom is 0.270 e. The number of aryl methyl sites for hydroxylation is 1. The van der Waals surface area contributed by atoms with Gasteiger partial charge in [-0.3, -0.25) is 9.78 Å². The molecule has 0 atom stereocenters. The van der Waals surface area contributed by atoms with Gasteiger partial charge in [0.1, 0.15) is 11.6 Å². The number of benzene rings is 2. The van der Waals surface area contributed by atoms with Crippen LogP contribution in [0.15, 0.2) is 58.4 Å². The van der Waals surface area contributed by atoms with Crippen molar-refractivity contribution in [1.29, 1.82) is 5.26 Å². The number of aromatic nitrogens is 2. The van der Waals surface area contributed by atoms with Crippen LogP contribution in [0.3, 0.4) is 0 Å². The molecule has 2 N–H and O–H groups in total. The number of rotatable bonds is 9. The maximum atomic E-state index is 12.3. The Morgan fingerprint density at radius 3 is 2.53 bits per heavy atom. The van der Waals surface area contributed by atoms with Gasteiger partial charge in [0.15, 0.2) is 0 Å². The molecule has 0 spiro atoms. The molecule has 2 aromatic carbocycles. The topological polar surface area (TPSA) is 97.2 Å². The number of anilines is 2. The summed E-state index contributed by atoms with van der Waals surface area (Å²) in [7, 11) is 0. The molecule has 0 saturated carbocycles. The first-order valence-electron chi connectivity index (χ1n) is 9.93. The first-order valence-corrected chi connectivity index (χ1v) is 11.0. The predicted molar refractivity (Wildman–Crippen MR) is 131 cm³/mol. The third-order valence-corrected chi connectivity index (χ3v) is 5.12. The Hall–Kier alpha value is -3.34. The van der Waals surface area contributed by atoms with E-state index in [9.17, 15) is 10.1 Å². The lowest BCUT2D eigenvalue weighted by Crippen LogP contribution is -2.27. The highest BCUT2D eigenvalue weighted by atomic mass is 35.5. The molecule has 0 bridgehead atoms. The van der Waals surface area contributed by atoms with Crippen molar-refractivity contribution in [2.24, 2.45) is 5.10 Å². The van der Waals surface area contributed by atoms with E-state index in [1.165, 1.54) is 0 Å². The molecule has 1 heterocycles. The Morgan fingerprint density at radius 1 is 1.19 bits per heavy atom. The third-order valence-electron chi connectivity index (χ3n) is 4.78. The van der Waals surface area contributed by atoms with Crippen LogP contribution in [-0.2, 0) is 0 Å². The monoisotopic (exact) mass is 468 g/mol. The first-order chi connectivity index (χ1) is 15.6. The number of aromatic amines is 1. The summed E-state index contributed by atoms with van der Waals surface area (Å²) in [5.74, 6) is 1.18. The van der Waals surface area contributed by atoms with E-state index in [1.807, 2.05) is 43.3 Å². The normalized spacial score (nSPS) is 10.8. The largest absolute Gasteiger partial charge is 0.369 e. The molecule has 0 aliphatic carbocycles. The van der Waals surface area contributed by atoms with Crippen LogP contribution in [0.2, 0.25) is 0 Å². The lowest BCUT2D eigenvalue weighted by molar-refractivity contribution is 0.873. The van der Waals surface area contributed by atoms with Crippen LogP contribution >= 0.6 is 23.2 Å².